The van der Waals surface area contributed by atoms with Gasteiger partial charge >= 0.3 is 0 Å². The lowest BCUT2D eigenvalue weighted by molar-refractivity contribution is 0.473. The van der Waals surface area contributed by atoms with Crippen molar-refractivity contribution in [1.29, 1.82) is 0 Å². The molecule has 1 atom stereocenters. The van der Waals surface area contributed by atoms with Crippen LogP contribution in [0.3, 0.4) is 0 Å². The average Bonchev–Trinajstić information content (AvgIpc) is 2.79. The van der Waals surface area contributed by atoms with Gasteiger partial charge < -0.3 is 10.6 Å². The second-order valence-electron chi connectivity index (χ2n) is 5.59. The van der Waals surface area contributed by atoms with Gasteiger partial charge in [-0.1, -0.05) is 32.0 Å². The summed E-state index contributed by atoms with van der Waals surface area (Å²) in [6, 6.07) is 9.12. The van der Waals surface area contributed by atoms with Gasteiger partial charge in [-0.05, 0) is 41.8 Å². The van der Waals surface area contributed by atoms with E-state index in [1.54, 1.807) is 0 Å². The Hall–Kier alpha value is -0.900. The molecule has 0 radical (unpaired) electrons. The molecule has 2 nitrogen and oxygen atoms in total. The third-order valence-electron chi connectivity index (χ3n) is 3.21. The van der Waals surface area contributed by atoms with Gasteiger partial charge in [0, 0.05) is 23.8 Å². The minimum atomic E-state index is 0.498. The van der Waals surface area contributed by atoms with E-state index in [1.807, 2.05) is 11.3 Å². The number of fused-ring (bicyclic) bond motifs is 1. The summed E-state index contributed by atoms with van der Waals surface area (Å²) in [5.74, 6) is 0.716. The maximum Gasteiger partial charge on any atom is 0.0346 e. The van der Waals surface area contributed by atoms with Crippen LogP contribution in [0.5, 0.6) is 0 Å². The SMILES string of the molecule is CC(C)CNCC(C)NCc1csc2ccccc12. The van der Waals surface area contributed by atoms with Gasteiger partial charge in [-0.3, -0.25) is 0 Å². The first-order valence-corrected chi connectivity index (χ1v) is 7.94. The predicted octanol–water partition coefficient (Wildman–Crippen LogP) is 3.63. The molecule has 1 heterocycles. The van der Waals surface area contributed by atoms with Crippen molar-refractivity contribution < 1.29 is 0 Å². The Labute approximate surface area is 120 Å². The Kier molecular flexibility index (Phi) is 5.37. The predicted molar refractivity (Wildman–Crippen MR) is 85.8 cm³/mol. The summed E-state index contributed by atoms with van der Waals surface area (Å²) >= 11 is 1.83. The Morgan fingerprint density at radius 3 is 2.68 bits per heavy atom. The van der Waals surface area contributed by atoms with Gasteiger partial charge in [0.25, 0.3) is 0 Å². The molecule has 1 unspecified atom stereocenters. The van der Waals surface area contributed by atoms with Gasteiger partial charge in [0.2, 0.25) is 0 Å². The fourth-order valence-corrected chi connectivity index (χ4v) is 3.08. The summed E-state index contributed by atoms with van der Waals surface area (Å²) in [6.07, 6.45) is 0. The van der Waals surface area contributed by atoms with E-state index in [-0.39, 0.29) is 0 Å². The first-order valence-electron chi connectivity index (χ1n) is 7.06. The molecule has 2 aromatic rings. The lowest BCUT2D eigenvalue weighted by atomic mass is 10.1. The van der Waals surface area contributed by atoms with Crippen LogP contribution in [0.4, 0.5) is 0 Å². The van der Waals surface area contributed by atoms with Crippen molar-refractivity contribution in [2.75, 3.05) is 13.1 Å². The molecular formula is C16H24N2S. The molecule has 0 fully saturated rings. The zero-order chi connectivity index (χ0) is 13.7. The van der Waals surface area contributed by atoms with Crippen LogP contribution in [0.15, 0.2) is 29.6 Å². The second kappa shape index (κ2) is 7.04. The molecule has 0 saturated carbocycles. The molecule has 104 valence electrons. The Morgan fingerprint density at radius 2 is 1.89 bits per heavy atom. The largest absolute Gasteiger partial charge is 0.315 e. The first-order chi connectivity index (χ1) is 9.16. The van der Waals surface area contributed by atoms with Crippen LogP contribution in [-0.4, -0.2) is 19.1 Å². The zero-order valence-electron chi connectivity index (χ0n) is 12.1. The smallest absolute Gasteiger partial charge is 0.0346 e. The van der Waals surface area contributed by atoms with E-state index in [0.29, 0.717) is 12.0 Å². The van der Waals surface area contributed by atoms with Crippen LogP contribution in [-0.2, 0) is 6.54 Å². The molecule has 1 aromatic carbocycles. The van der Waals surface area contributed by atoms with Gasteiger partial charge in [0.1, 0.15) is 0 Å². The first kappa shape index (κ1) is 14.5. The molecule has 2 rings (SSSR count). The number of hydrogen-bond donors (Lipinski definition) is 2. The van der Waals surface area contributed by atoms with Crippen LogP contribution < -0.4 is 10.6 Å². The van der Waals surface area contributed by atoms with Gasteiger partial charge in [-0.25, -0.2) is 0 Å². The van der Waals surface area contributed by atoms with Crippen molar-refractivity contribution in [3.63, 3.8) is 0 Å². The highest BCUT2D eigenvalue weighted by Gasteiger charge is 2.05. The van der Waals surface area contributed by atoms with E-state index < -0.39 is 0 Å². The molecule has 19 heavy (non-hydrogen) atoms. The molecular weight excluding hydrogens is 252 g/mol. The van der Waals surface area contributed by atoms with Gasteiger partial charge in [-0.15, -0.1) is 11.3 Å². The Balaban J connectivity index is 1.81. The highest BCUT2D eigenvalue weighted by Crippen LogP contribution is 2.25. The van der Waals surface area contributed by atoms with E-state index in [0.717, 1.165) is 19.6 Å². The zero-order valence-corrected chi connectivity index (χ0v) is 12.9. The number of hydrogen-bond acceptors (Lipinski definition) is 3. The third kappa shape index (κ3) is 4.30. The fourth-order valence-electron chi connectivity index (χ4n) is 2.11. The third-order valence-corrected chi connectivity index (χ3v) is 4.22. The molecule has 0 spiro atoms. The van der Waals surface area contributed by atoms with Crippen molar-refractivity contribution in [2.45, 2.75) is 33.4 Å². The molecule has 0 aliphatic rings. The standard InChI is InChI=1S/C16H24N2S/c1-12(2)8-17-9-13(3)18-10-14-11-19-16-7-5-4-6-15(14)16/h4-7,11-13,17-18H,8-10H2,1-3H3. The Bertz CT molecular complexity index is 504. The minimum Gasteiger partial charge on any atom is -0.315 e. The topological polar surface area (TPSA) is 24.1 Å². The molecule has 0 amide bonds. The van der Waals surface area contributed by atoms with E-state index in [1.165, 1.54) is 15.6 Å². The number of benzene rings is 1. The van der Waals surface area contributed by atoms with Crippen molar-refractivity contribution in [1.82, 2.24) is 10.6 Å². The summed E-state index contributed by atoms with van der Waals surface area (Å²) in [5.41, 5.74) is 1.41. The highest BCUT2D eigenvalue weighted by atomic mass is 32.1. The number of thiophene rings is 1. The van der Waals surface area contributed by atoms with Crippen LogP contribution >= 0.6 is 11.3 Å². The molecule has 2 N–H and O–H groups in total. The second-order valence-corrected chi connectivity index (χ2v) is 6.50. The van der Waals surface area contributed by atoms with E-state index in [9.17, 15) is 0 Å². The lowest BCUT2D eigenvalue weighted by Gasteiger charge is -2.15. The molecule has 0 bridgehead atoms. The highest BCUT2D eigenvalue weighted by molar-refractivity contribution is 7.17. The van der Waals surface area contributed by atoms with Crippen molar-refractivity contribution in [3.05, 3.63) is 35.2 Å². The van der Waals surface area contributed by atoms with Crippen molar-refractivity contribution in [2.24, 2.45) is 5.92 Å². The molecule has 0 aliphatic heterocycles. The summed E-state index contributed by atoms with van der Waals surface area (Å²) in [7, 11) is 0. The lowest BCUT2D eigenvalue weighted by Crippen LogP contribution is -2.37. The summed E-state index contributed by atoms with van der Waals surface area (Å²) in [5, 5.41) is 10.7. The minimum absolute atomic E-state index is 0.498. The molecule has 0 saturated heterocycles. The number of nitrogens with one attached hydrogen (secondary N) is 2. The van der Waals surface area contributed by atoms with Crippen molar-refractivity contribution >= 4 is 21.4 Å². The van der Waals surface area contributed by atoms with Crippen LogP contribution in [0, 0.1) is 5.92 Å². The van der Waals surface area contributed by atoms with Crippen LogP contribution in [0.2, 0.25) is 0 Å². The summed E-state index contributed by atoms with van der Waals surface area (Å²) in [6.45, 7) is 9.79. The molecule has 1 aromatic heterocycles. The maximum atomic E-state index is 3.60. The molecule has 0 aliphatic carbocycles. The summed E-state index contributed by atoms with van der Waals surface area (Å²) < 4.78 is 1.38. The van der Waals surface area contributed by atoms with Crippen molar-refractivity contribution in [3.8, 4) is 0 Å². The van der Waals surface area contributed by atoms with Gasteiger partial charge in [-0.2, -0.15) is 0 Å². The van der Waals surface area contributed by atoms with E-state index in [4.69, 9.17) is 0 Å². The number of rotatable bonds is 7. The monoisotopic (exact) mass is 276 g/mol. The summed E-state index contributed by atoms with van der Waals surface area (Å²) in [4.78, 5) is 0. The van der Waals surface area contributed by atoms with E-state index >= 15 is 0 Å². The van der Waals surface area contributed by atoms with Crippen LogP contribution in [0.1, 0.15) is 26.3 Å². The van der Waals surface area contributed by atoms with Gasteiger partial charge in [0.15, 0.2) is 0 Å². The van der Waals surface area contributed by atoms with Crippen LogP contribution in [0.25, 0.3) is 10.1 Å². The van der Waals surface area contributed by atoms with Gasteiger partial charge in [0.05, 0.1) is 0 Å². The maximum absolute atomic E-state index is 3.60. The quantitative estimate of drug-likeness (QED) is 0.807. The van der Waals surface area contributed by atoms with E-state index in [2.05, 4.69) is 61.1 Å². The normalized spacial score (nSPS) is 13.3. The average molecular weight is 276 g/mol. The Morgan fingerprint density at radius 1 is 1.11 bits per heavy atom. The fraction of sp³-hybridized carbons (Fsp3) is 0.500. The molecule has 3 heteroatoms.